The molecule has 3 rings (SSSR count). The number of halogens is 1. The van der Waals surface area contributed by atoms with Crippen LogP contribution in [0.1, 0.15) is 17.7 Å². The summed E-state index contributed by atoms with van der Waals surface area (Å²) in [7, 11) is 0. The number of benzene rings is 1. The number of nitrogens with one attached hydrogen (secondary N) is 1. The van der Waals surface area contributed by atoms with Gasteiger partial charge in [0, 0.05) is 30.1 Å². The van der Waals surface area contributed by atoms with Gasteiger partial charge < -0.3 is 10.4 Å². The smallest absolute Gasteiger partial charge is 0.126 e. The van der Waals surface area contributed by atoms with Crippen molar-refractivity contribution < 1.29 is 5.11 Å². The number of hydrogen-bond donors (Lipinski definition) is 2. The van der Waals surface area contributed by atoms with E-state index in [9.17, 15) is 5.11 Å². The molecule has 1 saturated heterocycles. The Hall–Kier alpha value is -1.43. The summed E-state index contributed by atoms with van der Waals surface area (Å²) >= 11 is 3.47. The Morgan fingerprint density at radius 2 is 2.04 bits per heavy atom. The minimum atomic E-state index is -0.245. The average Bonchev–Trinajstić information content (AvgIpc) is 2.89. The van der Waals surface area contributed by atoms with Crippen LogP contribution in [0.2, 0.25) is 0 Å². The lowest BCUT2D eigenvalue weighted by Gasteiger charge is -2.24. The van der Waals surface area contributed by atoms with E-state index in [1.54, 1.807) is 0 Å². The number of hydrogen-bond acceptors (Lipinski definition) is 4. The molecule has 0 bridgehead atoms. The van der Waals surface area contributed by atoms with Crippen molar-refractivity contribution in [2.45, 2.75) is 32.0 Å². The highest BCUT2D eigenvalue weighted by molar-refractivity contribution is 9.10. The first-order valence-corrected chi connectivity index (χ1v) is 8.74. The predicted molar refractivity (Wildman–Crippen MR) is 96.4 cm³/mol. The van der Waals surface area contributed by atoms with Crippen LogP contribution in [0.25, 0.3) is 0 Å². The fourth-order valence-corrected chi connectivity index (χ4v) is 3.27. The van der Waals surface area contributed by atoms with Crippen molar-refractivity contribution in [1.29, 1.82) is 0 Å². The third-order valence-corrected chi connectivity index (χ3v) is 5.11. The standard InChI is InChI=1S/C18H22BrN3O/c1-13-17(19)7-8-18(21-13)20-10-15-9-16(23)12-22(15)11-14-5-3-2-4-6-14/h2-8,15-16,23H,9-12H2,1H3,(H,20,21). The molecule has 1 aromatic carbocycles. The van der Waals surface area contributed by atoms with Gasteiger partial charge in [-0.05, 0) is 47.0 Å². The van der Waals surface area contributed by atoms with Crippen LogP contribution in [0.5, 0.6) is 0 Å². The molecule has 1 aliphatic rings. The van der Waals surface area contributed by atoms with Crippen molar-refractivity contribution >= 4 is 21.7 Å². The summed E-state index contributed by atoms with van der Waals surface area (Å²) < 4.78 is 1.02. The molecule has 5 heteroatoms. The third-order valence-electron chi connectivity index (χ3n) is 4.27. The van der Waals surface area contributed by atoms with Crippen molar-refractivity contribution in [3.63, 3.8) is 0 Å². The molecule has 2 unspecified atom stereocenters. The van der Waals surface area contributed by atoms with Gasteiger partial charge in [-0.25, -0.2) is 4.98 Å². The number of pyridine rings is 1. The number of rotatable bonds is 5. The van der Waals surface area contributed by atoms with Gasteiger partial charge in [-0.2, -0.15) is 0 Å². The number of aliphatic hydroxyl groups excluding tert-OH is 1. The Morgan fingerprint density at radius 3 is 2.78 bits per heavy atom. The van der Waals surface area contributed by atoms with Gasteiger partial charge in [0.15, 0.2) is 0 Å². The van der Waals surface area contributed by atoms with Crippen molar-refractivity contribution in [2.75, 3.05) is 18.4 Å². The van der Waals surface area contributed by atoms with E-state index in [2.05, 4.69) is 55.4 Å². The molecule has 0 aliphatic carbocycles. The van der Waals surface area contributed by atoms with Crippen molar-refractivity contribution in [1.82, 2.24) is 9.88 Å². The van der Waals surface area contributed by atoms with Crippen LogP contribution in [0.3, 0.4) is 0 Å². The van der Waals surface area contributed by atoms with Gasteiger partial charge in [-0.15, -0.1) is 0 Å². The Bertz CT molecular complexity index is 650. The Balaban J connectivity index is 1.62. The van der Waals surface area contributed by atoms with E-state index in [0.29, 0.717) is 6.04 Å². The fourth-order valence-electron chi connectivity index (χ4n) is 3.05. The first kappa shape index (κ1) is 16.4. The highest BCUT2D eigenvalue weighted by atomic mass is 79.9. The molecule has 122 valence electrons. The van der Waals surface area contributed by atoms with Crippen LogP contribution in [0.4, 0.5) is 5.82 Å². The number of aliphatic hydroxyl groups is 1. The van der Waals surface area contributed by atoms with E-state index in [-0.39, 0.29) is 6.10 Å². The van der Waals surface area contributed by atoms with Crippen molar-refractivity contribution in [3.05, 3.63) is 58.2 Å². The lowest BCUT2D eigenvalue weighted by molar-refractivity contribution is 0.173. The second-order valence-corrected chi connectivity index (χ2v) is 6.96. The van der Waals surface area contributed by atoms with E-state index >= 15 is 0 Å². The van der Waals surface area contributed by atoms with Crippen LogP contribution in [0, 0.1) is 6.92 Å². The first-order valence-electron chi connectivity index (χ1n) is 7.95. The van der Waals surface area contributed by atoms with Gasteiger partial charge >= 0.3 is 0 Å². The van der Waals surface area contributed by atoms with Gasteiger partial charge in [0.25, 0.3) is 0 Å². The number of anilines is 1. The molecule has 4 nitrogen and oxygen atoms in total. The first-order chi connectivity index (χ1) is 11.1. The lowest BCUT2D eigenvalue weighted by Crippen LogP contribution is -2.34. The van der Waals surface area contributed by atoms with Crippen LogP contribution in [-0.2, 0) is 6.54 Å². The number of β-amino-alcohol motifs (C(OH)–C–C–N with tert-alkyl or cyclic N) is 1. The largest absolute Gasteiger partial charge is 0.392 e. The van der Waals surface area contributed by atoms with E-state index in [0.717, 1.165) is 42.0 Å². The van der Waals surface area contributed by atoms with Crippen LogP contribution in [0.15, 0.2) is 46.9 Å². The highest BCUT2D eigenvalue weighted by Gasteiger charge is 2.30. The Labute approximate surface area is 145 Å². The normalized spacial score (nSPS) is 21.5. The van der Waals surface area contributed by atoms with E-state index in [4.69, 9.17) is 0 Å². The molecule has 1 aliphatic heterocycles. The zero-order valence-corrected chi connectivity index (χ0v) is 14.8. The van der Waals surface area contributed by atoms with Gasteiger partial charge in [0.1, 0.15) is 5.82 Å². The topological polar surface area (TPSA) is 48.4 Å². The number of likely N-dealkylation sites (tertiary alicyclic amines) is 1. The van der Waals surface area contributed by atoms with Gasteiger partial charge in [0.2, 0.25) is 0 Å². The summed E-state index contributed by atoms with van der Waals surface area (Å²) in [5.74, 6) is 0.881. The van der Waals surface area contributed by atoms with Gasteiger partial charge in [0.05, 0.1) is 11.8 Å². The molecule has 1 fully saturated rings. The minimum Gasteiger partial charge on any atom is -0.392 e. The van der Waals surface area contributed by atoms with Gasteiger partial charge in [-0.1, -0.05) is 30.3 Å². The fraction of sp³-hybridized carbons (Fsp3) is 0.389. The van der Waals surface area contributed by atoms with Crippen LogP contribution in [-0.4, -0.2) is 40.2 Å². The molecule has 2 heterocycles. The summed E-state index contributed by atoms with van der Waals surface area (Å²) in [6.07, 6.45) is 0.556. The van der Waals surface area contributed by atoms with Crippen LogP contribution < -0.4 is 5.32 Å². The molecule has 2 N–H and O–H groups in total. The second-order valence-electron chi connectivity index (χ2n) is 6.10. The zero-order chi connectivity index (χ0) is 16.2. The number of nitrogens with zero attached hydrogens (tertiary/aromatic N) is 2. The predicted octanol–water partition coefficient (Wildman–Crippen LogP) is 3.20. The number of aryl methyl sites for hydroxylation is 1. The Kier molecular flexibility index (Phi) is 5.30. The molecule has 0 spiro atoms. The maximum absolute atomic E-state index is 10.0. The molecular weight excluding hydrogens is 354 g/mol. The average molecular weight is 376 g/mol. The molecule has 23 heavy (non-hydrogen) atoms. The summed E-state index contributed by atoms with van der Waals surface area (Å²) in [4.78, 5) is 6.87. The Morgan fingerprint density at radius 1 is 1.26 bits per heavy atom. The quantitative estimate of drug-likeness (QED) is 0.842. The summed E-state index contributed by atoms with van der Waals surface area (Å²) in [5, 5.41) is 13.4. The molecular formula is C18H22BrN3O. The zero-order valence-electron chi connectivity index (χ0n) is 13.2. The molecule has 0 radical (unpaired) electrons. The summed E-state index contributed by atoms with van der Waals surface area (Å²) in [6.45, 7) is 4.37. The molecule has 2 aromatic rings. The van der Waals surface area contributed by atoms with Gasteiger partial charge in [-0.3, -0.25) is 4.90 Å². The van der Waals surface area contributed by atoms with Crippen molar-refractivity contribution in [3.8, 4) is 0 Å². The summed E-state index contributed by atoms with van der Waals surface area (Å²) in [5.41, 5.74) is 2.26. The molecule has 2 atom stereocenters. The summed E-state index contributed by atoms with van der Waals surface area (Å²) in [6, 6.07) is 14.7. The number of aromatic nitrogens is 1. The molecule has 0 saturated carbocycles. The van der Waals surface area contributed by atoms with E-state index in [1.807, 2.05) is 25.1 Å². The molecule has 0 amide bonds. The molecule has 1 aromatic heterocycles. The highest BCUT2D eigenvalue weighted by Crippen LogP contribution is 2.22. The van der Waals surface area contributed by atoms with Crippen molar-refractivity contribution in [2.24, 2.45) is 0 Å². The lowest BCUT2D eigenvalue weighted by atomic mass is 10.1. The third kappa shape index (κ3) is 4.31. The maximum atomic E-state index is 10.0. The monoisotopic (exact) mass is 375 g/mol. The van der Waals surface area contributed by atoms with Crippen LogP contribution >= 0.6 is 15.9 Å². The minimum absolute atomic E-state index is 0.245. The van der Waals surface area contributed by atoms with E-state index in [1.165, 1.54) is 5.56 Å². The second kappa shape index (κ2) is 7.43. The SMILES string of the molecule is Cc1nc(NCC2CC(O)CN2Cc2ccccc2)ccc1Br. The van der Waals surface area contributed by atoms with E-state index < -0.39 is 0 Å². The maximum Gasteiger partial charge on any atom is 0.126 e.